The molecule has 6 heteroatoms. The molecule has 0 bridgehead atoms. The monoisotopic (exact) mass is 324 g/mol. The third-order valence-corrected chi connectivity index (χ3v) is 3.74. The van der Waals surface area contributed by atoms with E-state index in [-0.39, 0.29) is 6.47 Å². The molecule has 0 saturated carbocycles. The zero-order valence-electron chi connectivity index (χ0n) is 14.0. The van der Waals surface area contributed by atoms with E-state index in [9.17, 15) is 5.11 Å². The van der Waals surface area contributed by atoms with Crippen molar-refractivity contribution in [2.75, 3.05) is 20.3 Å². The highest BCUT2D eigenvalue weighted by Gasteiger charge is 2.26. The lowest BCUT2D eigenvalue weighted by Crippen LogP contribution is -2.28. The number of nitrogens with zero attached hydrogens (tertiary/aromatic N) is 2. The zero-order chi connectivity index (χ0) is 17.1. The minimum absolute atomic E-state index is 0.250. The van der Waals surface area contributed by atoms with Crippen molar-refractivity contribution in [2.45, 2.75) is 45.1 Å². The minimum Gasteiger partial charge on any atom is -0.483 e. The highest BCUT2D eigenvalue weighted by molar-refractivity contribution is 5.32. The molecule has 0 saturated heterocycles. The molecule has 1 aromatic heterocycles. The average Bonchev–Trinajstić information content (AvgIpc) is 3.17. The Kier molecular flexibility index (Phi) is 8.90. The van der Waals surface area contributed by atoms with Crippen LogP contribution in [0, 0.1) is 0 Å². The van der Waals surface area contributed by atoms with Gasteiger partial charge in [0.05, 0.1) is 18.6 Å². The fraction of sp³-hybridized carbons (Fsp3) is 0.588. The molecule has 6 nitrogen and oxygen atoms in total. The van der Waals surface area contributed by atoms with Crippen molar-refractivity contribution in [1.82, 2.24) is 9.80 Å². The highest BCUT2D eigenvalue weighted by atomic mass is 16.4. The van der Waals surface area contributed by atoms with E-state index in [0.29, 0.717) is 5.76 Å². The van der Waals surface area contributed by atoms with Gasteiger partial charge in [0.15, 0.2) is 6.10 Å². The van der Waals surface area contributed by atoms with E-state index in [1.165, 1.54) is 32.1 Å². The molecule has 0 aliphatic carbocycles. The molecule has 23 heavy (non-hydrogen) atoms. The Morgan fingerprint density at radius 1 is 1.35 bits per heavy atom. The van der Waals surface area contributed by atoms with Crippen LogP contribution in [0.15, 0.2) is 34.7 Å². The van der Waals surface area contributed by atoms with E-state index in [4.69, 9.17) is 14.3 Å². The molecule has 2 heterocycles. The van der Waals surface area contributed by atoms with Crippen molar-refractivity contribution in [3.05, 3.63) is 36.1 Å². The maximum atomic E-state index is 10.4. The average molecular weight is 324 g/mol. The van der Waals surface area contributed by atoms with E-state index in [1.54, 1.807) is 6.26 Å². The molecule has 0 amide bonds. The van der Waals surface area contributed by atoms with Crippen LogP contribution in [0.4, 0.5) is 0 Å². The summed E-state index contributed by atoms with van der Waals surface area (Å²) in [7, 11) is 2.03. The van der Waals surface area contributed by atoms with Crippen LogP contribution >= 0.6 is 0 Å². The molecule has 2 rings (SSSR count). The molecule has 2 N–H and O–H groups in total. The number of hydrogen-bond donors (Lipinski definition) is 2. The number of unbranched alkanes of at least 4 members (excludes halogenated alkanes) is 4. The first-order valence-corrected chi connectivity index (χ1v) is 8.10. The predicted octanol–water partition coefficient (Wildman–Crippen LogP) is 3.03. The summed E-state index contributed by atoms with van der Waals surface area (Å²) in [6, 6.07) is 3.64. The predicted molar refractivity (Wildman–Crippen MR) is 88.5 cm³/mol. The van der Waals surface area contributed by atoms with Gasteiger partial charge in [-0.15, -0.1) is 0 Å². The van der Waals surface area contributed by atoms with Gasteiger partial charge in [0.2, 0.25) is 0 Å². The van der Waals surface area contributed by atoms with Crippen LogP contribution in [0.3, 0.4) is 0 Å². The van der Waals surface area contributed by atoms with Crippen molar-refractivity contribution < 1.29 is 19.4 Å². The van der Waals surface area contributed by atoms with Gasteiger partial charge in [0.25, 0.3) is 6.47 Å². The van der Waals surface area contributed by atoms with Crippen molar-refractivity contribution >= 4 is 6.47 Å². The smallest absolute Gasteiger partial charge is 0.290 e. The Hall–Kier alpha value is -1.95. The van der Waals surface area contributed by atoms with Crippen LogP contribution < -0.4 is 0 Å². The van der Waals surface area contributed by atoms with Gasteiger partial charge in [-0.05, 0) is 18.6 Å². The van der Waals surface area contributed by atoms with E-state index < -0.39 is 6.10 Å². The summed E-state index contributed by atoms with van der Waals surface area (Å²) >= 11 is 0. The Bertz CT molecular complexity index is 459. The summed E-state index contributed by atoms with van der Waals surface area (Å²) in [4.78, 5) is 12.7. The molecule has 1 aromatic rings. The summed E-state index contributed by atoms with van der Waals surface area (Å²) in [6.07, 6.45) is 9.29. The molecular formula is C17H28N2O4. The zero-order valence-corrected chi connectivity index (χ0v) is 14.0. The fourth-order valence-electron chi connectivity index (χ4n) is 2.64. The van der Waals surface area contributed by atoms with E-state index in [0.717, 1.165) is 18.9 Å². The first kappa shape index (κ1) is 19.1. The molecule has 1 unspecified atom stereocenters. The maximum absolute atomic E-state index is 10.4. The number of carbonyl (C=O) groups is 1. The Labute approximate surface area is 138 Å². The molecule has 0 spiro atoms. The quantitative estimate of drug-likeness (QED) is 0.565. The highest BCUT2D eigenvalue weighted by Crippen LogP contribution is 2.29. The number of rotatable bonds is 8. The van der Waals surface area contributed by atoms with Crippen LogP contribution in [-0.4, -0.2) is 46.7 Å². The molecular weight excluding hydrogens is 296 g/mol. The SMILES string of the molecule is CCCCCCCN1CN(C)C=C1C(O)c1ccco1.O=CO. The van der Waals surface area contributed by atoms with Gasteiger partial charge in [-0.2, -0.15) is 0 Å². The summed E-state index contributed by atoms with van der Waals surface area (Å²) in [5.74, 6) is 0.613. The van der Waals surface area contributed by atoms with E-state index in [2.05, 4.69) is 16.7 Å². The van der Waals surface area contributed by atoms with Crippen LogP contribution in [0.5, 0.6) is 0 Å². The molecule has 0 radical (unpaired) electrons. The van der Waals surface area contributed by atoms with Crippen LogP contribution in [0.2, 0.25) is 0 Å². The van der Waals surface area contributed by atoms with Crippen LogP contribution in [0.1, 0.15) is 50.9 Å². The lowest BCUT2D eigenvalue weighted by Gasteiger charge is -2.24. The van der Waals surface area contributed by atoms with Crippen molar-refractivity contribution in [3.63, 3.8) is 0 Å². The number of carboxylic acid groups (broad SMARTS) is 1. The second-order valence-corrected chi connectivity index (χ2v) is 5.65. The van der Waals surface area contributed by atoms with Crippen LogP contribution in [-0.2, 0) is 4.79 Å². The normalized spacial score (nSPS) is 15.0. The summed E-state index contributed by atoms with van der Waals surface area (Å²) < 4.78 is 5.31. The number of furan rings is 1. The standard InChI is InChI=1S/C16H26N2O2.CH2O2/c1-3-4-5-6-7-10-18-13-17(2)12-14(18)16(19)15-9-8-11-20-15;2-1-3/h8-9,11-12,16,19H,3-7,10,13H2,1-2H3;1H,(H,2,3). The molecule has 1 atom stereocenters. The first-order valence-electron chi connectivity index (χ1n) is 8.10. The third kappa shape index (κ3) is 6.36. The first-order chi connectivity index (χ1) is 11.1. The minimum atomic E-state index is -0.661. The van der Waals surface area contributed by atoms with Crippen LogP contribution in [0.25, 0.3) is 0 Å². The van der Waals surface area contributed by atoms with Gasteiger partial charge >= 0.3 is 0 Å². The Balaban J connectivity index is 0.000000816. The van der Waals surface area contributed by atoms with Gasteiger partial charge in [0, 0.05) is 19.8 Å². The van der Waals surface area contributed by atoms with Crippen molar-refractivity contribution in [2.24, 2.45) is 0 Å². The van der Waals surface area contributed by atoms with Gasteiger partial charge in [-0.25, -0.2) is 0 Å². The van der Waals surface area contributed by atoms with Gasteiger partial charge < -0.3 is 24.4 Å². The molecule has 1 aliphatic rings. The lowest BCUT2D eigenvalue weighted by molar-refractivity contribution is -0.122. The summed E-state index contributed by atoms with van der Waals surface area (Å²) in [5, 5.41) is 17.3. The molecule has 1 aliphatic heterocycles. The maximum Gasteiger partial charge on any atom is 0.290 e. The largest absolute Gasteiger partial charge is 0.483 e. The Morgan fingerprint density at radius 3 is 2.65 bits per heavy atom. The molecule has 130 valence electrons. The number of hydrogen-bond acceptors (Lipinski definition) is 5. The number of aliphatic hydroxyl groups excluding tert-OH is 1. The summed E-state index contributed by atoms with van der Waals surface area (Å²) in [6.45, 7) is 3.83. The third-order valence-electron chi connectivity index (χ3n) is 3.74. The fourth-order valence-corrected chi connectivity index (χ4v) is 2.64. The topological polar surface area (TPSA) is 77.2 Å². The Morgan fingerprint density at radius 2 is 2.04 bits per heavy atom. The van der Waals surface area contributed by atoms with Crippen molar-refractivity contribution in [1.29, 1.82) is 0 Å². The summed E-state index contributed by atoms with van der Waals surface area (Å²) in [5.41, 5.74) is 0.943. The van der Waals surface area contributed by atoms with Gasteiger partial charge in [-0.3, -0.25) is 4.79 Å². The lowest BCUT2D eigenvalue weighted by atomic mass is 10.1. The van der Waals surface area contributed by atoms with Gasteiger partial charge in [-0.1, -0.05) is 32.6 Å². The van der Waals surface area contributed by atoms with E-state index in [1.807, 2.05) is 25.4 Å². The number of aliphatic hydroxyl groups is 1. The molecule has 0 aromatic carbocycles. The second-order valence-electron chi connectivity index (χ2n) is 5.65. The van der Waals surface area contributed by atoms with Gasteiger partial charge in [0.1, 0.15) is 5.76 Å². The second kappa shape index (κ2) is 10.7. The van der Waals surface area contributed by atoms with E-state index >= 15 is 0 Å². The van der Waals surface area contributed by atoms with Crippen molar-refractivity contribution in [3.8, 4) is 0 Å². The molecule has 0 fully saturated rings.